The van der Waals surface area contributed by atoms with Gasteiger partial charge < -0.3 is 15.2 Å². The molecule has 2 aromatic heterocycles. The summed E-state index contributed by atoms with van der Waals surface area (Å²) in [5.41, 5.74) is 8.31. The third kappa shape index (κ3) is 9.07. The van der Waals surface area contributed by atoms with Gasteiger partial charge in [0.25, 0.3) is 5.56 Å². The average molecular weight is 672 g/mol. The number of H-pyrrole nitrogens is 1. The number of hydrogen-bond acceptors (Lipinski definition) is 4. The lowest BCUT2D eigenvalue weighted by atomic mass is 9.88. The molecular formula is C43H53N5O2. The van der Waals surface area contributed by atoms with Crippen LogP contribution in [0.4, 0.5) is 16.2 Å². The zero-order valence-corrected chi connectivity index (χ0v) is 30.6. The molecular weight excluding hydrogens is 619 g/mol. The zero-order chi connectivity index (χ0) is 35.6. The maximum Gasteiger partial charge on any atom is 0.326 e. The van der Waals surface area contributed by atoms with E-state index in [2.05, 4.69) is 110 Å². The fraction of sp³-hybridized carbons (Fsp3) is 0.372. The summed E-state index contributed by atoms with van der Waals surface area (Å²) in [7, 11) is 0. The van der Waals surface area contributed by atoms with E-state index < -0.39 is 0 Å². The summed E-state index contributed by atoms with van der Waals surface area (Å²) in [5, 5.41) is 4.09. The highest BCUT2D eigenvalue weighted by atomic mass is 16.2. The first-order chi connectivity index (χ1) is 24.2. The molecule has 7 heteroatoms. The Morgan fingerprint density at radius 3 is 2.10 bits per heavy atom. The van der Waals surface area contributed by atoms with Gasteiger partial charge in [-0.1, -0.05) is 96.1 Å². The fourth-order valence-electron chi connectivity index (χ4n) is 6.68. The number of carbonyl (C=O) groups excluding carboxylic acids is 1. The van der Waals surface area contributed by atoms with Crippen LogP contribution in [0.25, 0.3) is 22.2 Å². The van der Waals surface area contributed by atoms with Gasteiger partial charge in [-0.15, -0.1) is 0 Å². The lowest BCUT2D eigenvalue weighted by Gasteiger charge is -2.27. The number of urea groups is 1. The normalized spacial score (nSPS) is 11.5. The number of aromatic nitrogens is 2. The molecule has 0 bridgehead atoms. The van der Waals surface area contributed by atoms with Crippen LogP contribution in [0.1, 0.15) is 88.5 Å². The number of nitrogens with zero attached hydrogens (tertiary/aromatic N) is 3. The van der Waals surface area contributed by atoms with Gasteiger partial charge in [-0.05, 0) is 121 Å². The summed E-state index contributed by atoms with van der Waals surface area (Å²) in [6.07, 6.45) is 5.30. The van der Waals surface area contributed by atoms with Crippen molar-refractivity contribution in [3.05, 3.63) is 124 Å². The monoisotopic (exact) mass is 671 g/mol. The quantitative estimate of drug-likeness (QED) is 0.116. The van der Waals surface area contributed by atoms with Gasteiger partial charge in [0.1, 0.15) is 11.3 Å². The first-order valence-corrected chi connectivity index (χ1v) is 18.3. The largest absolute Gasteiger partial charge is 0.326 e. The van der Waals surface area contributed by atoms with Gasteiger partial charge in [0.2, 0.25) is 0 Å². The summed E-state index contributed by atoms with van der Waals surface area (Å²) >= 11 is 0. The molecule has 5 aromatic rings. The molecule has 0 spiro atoms. The minimum Gasteiger partial charge on any atom is -0.307 e. The van der Waals surface area contributed by atoms with Gasteiger partial charge in [0.15, 0.2) is 0 Å². The number of anilines is 2. The molecule has 7 nitrogen and oxygen atoms in total. The van der Waals surface area contributed by atoms with Crippen molar-refractivity contribution >= 4 is 28.4 Å². The number of nitrogens with one attached hydrogen (secondary N) is 2. The number of aryl methyl sites for hydroxylation is 2. The number of amides is 2. The summed E-state index contributed by atoms with van der Waals surface area (Å²) in [5.74, 6) is 0.309. The second-order valence-corrected chi connectivity index (χ2v) is 13.8. The SMILES string of the molecule is CCN(CC)CCCc1cccc(-c2cc(C(C)C)c(NC(=O)N(CCCc3ccccc3)c3cc4cccnc4[nH]c3=O)c(C(C)C)c2)c1. The van der Waals surface area contributed by atoms with Gasteiger partial charge in [0.05, 0.1) is 0 Å². The lowest BCUT2D eigenvalue weighted by molar-refractivity contribution is 0.256. The second kappa shape index (κ2) is 17.3. The van der Waals surface area contributed by atoms with Crippen LogP contribution in [-0.2, 0) is 12.8 Å². The molecule has 262 valence electrons. The van der Waals surface area contributed by atoms with Crippen molar-refractivity contribution in [1.29, 1.82) is 0 Å². The molecule has 0 saturated heterocycles. The van der Waals surface area contributed by atoms with E-state index in [1.165, 1.54) is 16.7 Å². The predicted octanol–water partition coefficient (Wildman–Crippen LogP) is 9.78. The van der Waals surface area contributed by atoms with Gasteiger partial charge in [-0.25, -0.2) is 9.78 Å². The van der Waals surface area contributed by atoms with Crippen LogP contribution < -0.4 is 15.8 Å². The Kier molecular flexibility index (Phi) is 12.6. The highest BCUT2D eigenvalue weighted by Crippen LogP contribution is 2.38. The van der Waals surface area contributed by atoms with Crippen LogP contribution in [0, 0.1) is 0 Å². The van der Waals surface area contributed by atoms with Crippen LogP contribution in [-0.4, -0.2) is 47.1 Å². The van der Waals surface area contributed by atoms with E-state index in [-0.39, 0.29) is 23.4 Å². The van der Waals surface area contributed by atoms with Crippen molar-refractivity contribution in [1.82, 2.24) is 14.9 Å². The minimum absolute atomic E-state index is 0.154. The molecule has 3 aromatic carbocycles. The van der Waals surface area contributed by atoms with E-state index in [4.69, 9.17) is 0 Å². The second-order valence-electron chi connectivity index (χ2n) is 13.8. The Bertz CT molecular complexity index is 1900. The van der Waals surface area contributed by atoms with Crippen molar-refractivity contribution in [2.24, 2.45) is 0 Å². The Morgan fingerprint density at radius 2 is 1.42 bits per heavy atom. The van der Waals surface area contributed by atoms with E-state index in [1.807, 2.05) is 30.3 Å². The Hall–Kier alpha value is -4.75. The highest BCUT2D eigenvalue weighted by Gasteiger charge is 2.24. The van der Waals surface area contributed by atoms with Crippen LogP contribution in [0.3, 0.4) is 0 Å². The molecule has 0 aliphatic heterocycles. The summed E-state index contributed by atoms with van der Waals surface area (Å²) < 4.78 is 0. The third-order valence-corrected chi connectivity index (χ3v) is 9.59. The van der Waals surface area contributed by atoms with Crippen molar-refractivity contribution in [2.75, 3.05) is 36.4 Å². The number of fused-ring (bicyclic) bond motifs is 1. The number of aromatic amines is 1. The minimum atomic E-state index is -0.341. The lowest BCUT2D eigenvalue weighted by Crippen LogP contribution is -2.39. The molecule has 0 fully saturated rings. The maximum atomic E-state index is 14.4. The summed E-state index contributed by atoms with van der Waals surface area (Å²) in [4.78, 5) is 39.1. The molecule has 2 amide bonds. The maximum absolute atomic E-state index is 14.4. The summed E-state index contributed by atoms with van der Waals surface area (Å²) in [6, 6.07) is 28.8. The number of pyridine rings is 2. The van der Waals surface area contributed by atoms with Crippen molar-refractivity contribution in [3.63, 3.8) is 0 Å². The number of hydrogen-bond donors (Lipinski definition) is 2. The molecule has 2 N–H and O–H groups in total. The Balaban J connectivity index is 1.48. The Labute approximate surface area is 297 Å². The van der Waals surface area contributed by atoms with Gasteiger partial charge in [0, 0.05) is 23.8 Å². The van der Waals surface area contributed by atoms with Crippen LogP contribution in [0.5, 0.6) is 0 Å². The predicted molar refractivity (Wildman–Crippen MR) is 210 cm³/mol. The topological polar surface area (TPSA) is 81.3 Å². The Morgan fingerprint density at radius 1 is 0.760 bits per heavy atom. The van der Waals surface area contributed by atoms with E-state index in [0.29, 0.717) is 24.3 Å². The number of carbonyl (C=O) groups is 1. The van der Waals surface area contributed by atoms with Crippen LogP contribution in [0.2, 0.25) is 0 Å². The van der Waals surface area contributed by atoms with Gasteiger partial charge in [-0.3, -0.25) is 9.69 Å². The first-order valence-electron chi connectivity index (χ1n) is 18.3. The highest BCUT2D eigenvalue weighted by molar-refractivity contribution is 6.03. The van der Waals surface area contributed by atoms with Gasteiger partial charge in [-0.2, -0.15) is 0 Å². The van der Waals surface area contributed by atoms with Crippen molar-refractivity contribution < 1.29 is 4.79 Å². The number of benzene rings is 3. The molecule has 5 rings (SSSR count). The third-order valence-electron chi connectivity index (χ3n) is 9.59. The molecule has 0 unspecified atom stereocenters. The molecule has 0 aliphatic rings. The fourth-order valence-corrected chi connectivity index (χ4v) is 6.68. The van der Waals surface area contributed by atoms with E-state index in [0.717, 1.165) is 66.7 Å². The molecule has 50 heavy (non-hydrogen) atoms. The van der Waals surface area contributed by atoms with E-state index >= 15 is 0 Å². The molecule has 2 heterocycles. The molecule has 0 saturated carbocycles. The zero-order valence-electron chi connectivity index (χ0n) is 30.6. The smallest absolute Gasteiger partial charge is 0.307 e. The van der Waals surface area contributed by atoms with Crippen molar-refractivity contribution in [2.45, 2.75) is 79.1 Å². The van der Waals surface area contributed by atoms with Crippen LogP contribution in [0.15, 0.2) is 95.9 Å². The van der Waals surface area contributed by atoms with E-state index in [9.17, 15) is 9.59 Å². The average Bonchev–Trinajstić information content (AvgIpc) is 3.12. The van der Waals surface area contributed by atoms with Crippen molar-refractivity contribution in [3.8, 4) is 11.1 Å². The summed E-state index contributed by atoms with van der Waals surface area (Å²) in [6.45, 7) is 16.8. The van der Waals surface area contributed by atoms with E-state index in [1.54, 1.807) is 17.2 Å². The molecule has 0 atom stereocenters. The van der Waals surface area contributed by atoms with Gasteiger partial charge >= 0.3 is 6.03 Å². The molecule has 0 aliphatic carbocycles. The van der Waals surface area contributed by atoms with Crippen LogP contribution >= 0.6 is 0 Å². The number of rotatable bonds is 15. The standard InChI is InChI=1S/C43H53N5O2/c1-7-47(8-2)24-14-20-33-18-12-21-34(26-33)36-27-37(30(3)4)40(38(28-36)31(5)6)45-43(50)48(25-15-19-32-16-10-9-11-17-32)39-29-35-22-13-23-44-41(35)46-42(39)49/h9-13,16-18,21-23,26-31H,7-8,14-15,19-20,24-25H2,1-6H3,(H,45,50)(H,44,46,49). The first kappa shape index (κ1) is 36.5. The molecule has 0 radical (unpaired) electrons.